The molecule has 1 aromatic heterocycles. The topological polar surface area (TPSA) is 53.1 Å². The van der Waals surface area contributed by atoms with Crippen LogP contribution in [0, 0.1) is 0 Å². The fourth-order valence-electron chi connectivity index (χ4n) is 1.83. The minimum atomic E-state index is -0.152. The number of benzene rings is 1. The summed E-state index contributed by atoms with van der Waals surface area (Å²) in [5, 5.41) is 0. The van der Waals surface area contributed by atoms with Gasteiger partial charge < -0.3 is 15.0 Å². The molecule has 1 heterocycles. The molecule has 2 rings (SSSR count). The number of nitrogens with two attached hydrogens (primary N) is 1. The molecule has 0 amide bonds. The van der Waals surface area contributed by atoms with Crippen molar-refractivity contribution < 1.29 is 4.74 Å². The number of nitrogens with zero attached hydrogens (tertiary/aromatic N) is 2. The number of ether oxygens (including phenoxy) is 1. The second kappa shape index (κ2) is 4.71. The SMILES string of the molecule is Cn1c(COC(C)(C)C)nc2cc(CN)ccc21. The van der Waals surface area contributed by atoms with Crippen LogP contribution in [0.3, 0.4) is 0 Å². The predicted molar refractivity (Wildman–Crippen MR) is 73.1 cm³/mol. The summed E-state index contributed by atoms with van der Waals surface area (Å²) in [6.07, 6.45) is 0. The standard InChI is InChI=1S/C14H21N3O/c1-14(2,3)18-9-13-16-11-7-10(8-15)5-6-12(11)17(13)4/h5-7H,8-9,15H2,1-4H3. The third-order valence-corrected chi connectivity index (χ3v) is 2.91. The zero-order valence-corrected chi connectivity index (χ0v) is 11.5. The Labute approximate surface area is 108 Å². The summed E-state index contributed by atoms with van der Waals surface area (Å²) in [7, 11) is 2.01. The first-order valence-electron chi connectivity index (χ1n) is 6.19. The van der Waals surface area contributed by atoms with Crippen molar-refractivity contribution in [2.75, 3.05) is 0 Å². The molecule has 0 unspecified atom stereocenters. The number of rotatable bonds is 3. The van der Waals surface area contributed by atoms with Crippen LogP contribution in [0.15, 0.2) is 18.2 Å². The van der Waals surface area contributed by atoms with E-state index in [9.17, 15) is 0 Å². The first-order chi connectivity index (χ1) is 8.40. The first kappa shape index (κ1) is 13.1. The van der Waals surface area contributed by atoms with E-state index in [2.05, 4.69) is 15.6 Å². The van der Waals surface area contributed by atoms with Crippen molar-refractivity contribution in [2.24, 2.45) is 12.8 Å². The van der Waals surface area contributed by atoms with Gasteiger partial charge in [-0.05, 0) is 38.5 Å². The van der Waals surface area contributed by atoms with Crippen molar-refractivity contribution in [1.29, 1.82) is 0 Å². The van der Waals surface area contributed by atoms with Crippen molar-refractivity contribution in [2.45, 2.75) is 39.5 Å². The Balaban J connectivity index is 2.32. The second-order valence-electron chi connectivity index (χ2n) is 5.52. The molecule has 0 atom stereocenters. The van der Waals surface area contributed by atoms with Crippen molar-refractivity contribution in [3.05, 3.63) is 29.6 Å². The molecule has 18 heavy (non-hydrogen) atoms. The molecule has 2 aromatic rings. The van der Waals surface area contributed by atoms with Gasteiger partial charge in [-0.25, -0.2) is 4.98 Å². The summed E-state index contributed by atoms with van der Waals surface area (Å²) >= 11 is 0. The molecular weight excluding hydrogens is 226 g/mol. The number of aromatic nitrogens is 2. The number of aryl methyl sites for hydroxylation is 1. The molecule has 0 radical (unpaired) electrons. The van der Waals surface area contributed by atoms with Crippen molar-refractivity contribution >= 4 is 11.0 Å². The van der Waals surface area contributed by atoms with Crippen LogP contribution in [0.5, 0.6) is 0 Å². The first-order valence-corrected chi connectivity index (χ1v) is 6.19. The zero-order valence-electron chi connectivity index (χ0n) is 11.5. The lowest BCUT2D eigenvalue weighted by atomic mass is 10.2. The highest BCUT2D eigenvalue weighted by atomic mass is 16.5. The highest BCUT2D eigenvalue weighted by molar-refractivity contribution is 5.76. The maximum absolute atomic E-state index is 5.77. The smallest absolute Gasteiger partial charge is 0.135 e. The largest absolute Gasteiger partial charge is 0.368 e. The lowest BCUT2D eigenvalue weighted by molar-refractivity contribution is -0.0188. The molecule has 4 heteroatoms. The summed E-state index contributed by atoms with van der Waals surface area (Å²) < 4.78 is 7.85. The van der Waals surface area contributed by atoms with Crippen LogP contribution >= 0.6 is 0 Å². The van der Waals surface area contributed by atoms with Crippen LogP contribution in [0.25, 0.3) is 11.0 Å². The van der Waals surface area contributed by atoms with E-state index in [0.717, 1.165) is 22.4 Å². The Morgan fingerprint density at radius 3 is 2.67 bits per heavy atom. The van der Waals surface area contributed by atoms with Crippen molar-refractivity contribution in [1.82, 2.24) is 9.55 Å². The highest BCUT2D eigenvalue weighted by Crippen LogP contribution is 2.18. The molecule has 2 N–H and O–H groups in total. The summed E-state index contributed by atoms with van der Waals surface area (Å²) in [4.78, 5) is 4.61. The molecule has 0 aliphatic heterocycles. The Kier molecular flexibility index (Phi) is 3.41. The predicted octanol–water partition coefficient (Wildman–Crippen LogP) is 2.35. The zero-order chi connectivity index (χ0) is 13.3. The van der Waals surface area contributed by atoms with E-state index in [4.69, 9.17) is 10.5 Å². The van der Waals surface area contributed by atoms with E-state index >= 15 is 0 Å². The second-order valence-corrected chi connectivity index (χ2v) is 5.52. The molecule has 0 aliphatic rings. The third kappa shape index (κ3) is 2.71. The van der Waals surface area contributed by atoms with Gasteiger partial charge in [0.2, 0.25) is 0 Å². The number of imidazole rings is 1. The van der Waals surface area contributed by atoms with Gasteiger partial charge in [-0.1, -0.05) is 6.07 Å². The van der Waals surface area contributed by atoms with Gasteiger partial charge in [0, 0.05) is 13.6 Å². The van der Waals surface area contributed by atoms with Crippen molar-refractivity contribution in [3.63, 3.8) is 0 Å². The van der Waals surface area contributed by atoms with E-state index < -0.39 is 0 Å². The highest BCUT2D eigenvalue weighted by Gasteiger charge is 2.14. The molecule has 1 aromatic carbocycles. The Hall–Kier alpha value is -1.39. The number of hydrogen-bond donors (Lipinski definition) is 1. The van der Waals surface area contributed by atoms with E-state index in [1.54, 1.807) is 0 Å². The van der Waals surface area contributed by atoms with Gasteiger partial charge in [0.15, 0.2) is 0 Å². The van der Waals surface area contributed by atoms with Gasteiger partial charge >= 0.3 is 0 Å². The van der Waals surface area contributed by atoms with Gasteiger partial charge in [0.05, 0.1) is 16.6 Å². The van der Waals surface area contributed by atoms with Crippen LogP contribution in [-0.2, 0) is 24.9 Å². The minimum absolute atomic E-state index is 0.152. The lowest BCUT2D eigenvalue weighted by Crippen LogP contribution is -2.19. The van der Waals surface area contributed by atoms with Crippen LogP contribution in [0.4, 0.5) is 0 Å². The number of fused-ring (bicyclic) bond motifs is 1. The maximum atomic E-state index is 5.77. The van der Waals surface area contributed by atoms with E-state index in [1.165, 1.54) is 0 Å². The normalized spacial score (nSPS) is 12.3. The Bertz CT molecular complexity index is 552. The summed E-state index contributed by atoms with van der Waals surface area (Å²) in [6.45, 7) is 7.19. The van der Waals surface area contributed by atoms with Crippen molar-refractivity contribution in [3.8, 4) is 0 Å². The summed E-state index contributed by atoms with van der Waals surface area (Å²) in [5.41, 5.74) is 8.68. The Morgan fingerprint density at radius 2 is 2.06 bits per heavy atom. The summed E-state index contributed by atoms with van der Waals surface area (Å²) in [6, 6.07) is 6.14. The molecular formula is C14H21N3O. The van der Waals surface area contributed by atoms with Gasteiger partial charge in [-0.15, -0.1) is 0 Å². The average Bonchev–Trinajstić information content (AvgIpc) is 2.62. The lowest BCUT2D eigenvalue weighted by Gasteiger charge is -2.19. The van der Waals surface area contributed by atoms with Crippen LogP contribution in [0.2, 0.25) is 0 Å². The Morgan fingerprint density at radius 1 is 1.33 bits per heavy atom. The molecule has 4 nitrogen and oxygen atoms in total. The van der Waals surface area contributed by atoms with Gasteiger partial charge in [-0.2, -0.15) is 0 Å². The molecule has 98 valence electrons. The fraction of sp³-hybridized carbons (Fsp3) is 0.500. The van der Waals surface area contributed by atoms with E-state index in [0.29, 0.717) is 13.2 Å². The van der Waals surface area contributed by atoms with Gasteiger partial charge in [0.1, 0.15) is 12.4 Å². The summed E-state index contributed by atoms with van der Waals surface area (Å²) in [5.74, 6) is 0.939. The fourth-order valence-corrected chi connectivity index (χ4v) is 1.83. The van der Waals surface area contributed by atoms with E-state index in [1.807, 2.05) is 40.0 Å². The van der Waals surface area contributed by atoms with Gasteiger partial charge in [0.25, 0.3) is 0 Å². The molecule has 0 fully saturated rings. The van der Waals surface area contributed by atoms with E-state index in [-0.39, 0.29) is 5.60 Å². The molecule has 0 saturated heterocycles. The molecule has 0 aliphatic carbocycles. The quantitative estimate of drug-likeness (QED) is 0.905. The maximum Gasteiger partial charge on any atom is 0.135 e. The van der Waals surface area contributed by atoms with Crippen LogP contribution in [0.1, 0.15) is 32.2 Å². The molecule has 0 saturated carbocycles. The van der Waals surface area contributed by atoms with Crippen LogP contribution < -0.4 is 5.73 Å². The molecule has 0 spiro atoms. The van der Waals surface area contributed by atoms with Gasteiger partial charge in [-0.3, -0.25) is 0 Å². The third-order valence-electron chi connectivity index (χ3n) is 2.91. The van der Waals surface area contributed by atoms with Crippen LogP contribution in [-0.4, -0.2) is 15.2 Å². The number of hydrogen-bond acceptors (Lipinski definition) is 3. The monoisotopic (exact) mass is 247 g/mol. The minimum Gasteiger partial charge on any atom is -0.368 e. The molecule has 0 bridgehead atoms. The average molecular weight is 247 g/mol.